The third-order valence-electron chi connectivity index (χ3n) is 3.00. The molecule has 1 saturated heterocycles. The predicted molar refractivity (Wildman–Crippen MR) is 66.9 cm³/mol. The molecule has 0 radical (unpaired) electrons. The Hall–Kier alpha value is -1.22. The summed E-state index contributed by atoms with van der Waals surface area (Å²) in [6.45, 7) is 5.81. The van der Waals surface area contributed by atoms with Gasteiger partial charge < -0.3 is 14.2 Å². The normalized spacial score (nSPS) is 19.6. The Balaban J connectivity index is 2.16. The first-order valence-electron chi connectivity index (χ1n) is 6.12. The quantitative estimate of drug-likeness (QED) is 0.804. The van der Waals surface area contributed by atoms with Gasteiger partial charge in [0.05, 0.1) is 20.3 Å². The summed E-state index contributed by atoms with van der Waals surface area (Å²) in [5, 5.41) is 0. The van der Waals surface area contributed by atoms with E-state index in [1.165, 1.54) is 5.56 Å². The van der Waals surface area contributed by atoms with Crippen molar-refractivity contribution in [3.05, 3.63) is 23.8 Å². The second kappa shape index (κ2) is 5.41. The summed E-state index contributed by atoms with van der Waals surface area (Å²) in [6.07, 6.45) is 1.15. The van der Waals surface area contributed by atoms with Crippen molar-refractivity contribution in [2.45, 2.75) is 32.3 Å². The van der Waals surface area contributed by atoms with Gasteiger partial charge in [0.15, 0.2) is 0 Å². The number of benzene rings is 1. The summed E-state index contributed by atoms with van der Waals surface area (Å²) in [5.41, 5.74) is 1.23. The van der Waals surface area contributed by atoms with Crippen molar-refractivity contribution in [2.24, 2.45) is 0 Å². The number of ether oxygens (including phenoxy) is 3. The van der Waals surface area contributed by atoms with Crippen LogP contribution in [0.25, 0.3) is 0 Å². The lowest BCUT2D eigenvalue weighted by Gasteiger charge is -2.15. The van der Waals surface area contributed by atoms with Crippen LogP contribution in [0.2, 0.25) is 0 Å². The standard InChI is InChI=1S/C14H20O3/c1-10(2)11-6-13(15-3)8-14(7-11)17-12-4-5-16-9-12/h6-8,10,12H,4-5,9H2,1-3H3/t12-/m0/s1. The highest BCUT2D eigenvalue weighted by Gasteiger charge is 2.18. The molecule has 0 amide bonds. The van der Waals surface area contributed by atoms with Gasteiger partial charge in [0, 0.05) is 12.5 Å². The van der Waals surface area contributed by atoms with Gasteiger partial charge in [-0.2, -0.15) is 0 Å². The van der Waals surface area contributed by atoms with E-state index in [4.69, 9.17) is 14.2 Å². The van der Waals surface area contributed by atoms with Crippen LogP contribution in [0.15, 0.2) is 18.2 Å². The maximum Gasteiger partial charge on any atom is 0.124 e. The van der Waals surface area contributed by atoms with E-state index in [1.807, 2.05) is 6.07 Å². The molecule has 0 saturated carbocycles. The first kappa shape index (κ1) is 12.2. The summed E-state index contributed by atoms with van der Waals surface area (Å²) >= 11 is 0. The second-order valence-corrected chi connectivity index (χ2v) is 4.70. The fourth-order valence-electron chi connectivity index (χ4n) is 1.91. The highest BCUT2D eigenvalue weighted by molar-refractivity contribution is 5.39. The van der Waals surface area contributed by atoms with Crippen LogP contribution >= 0.6 is 0 Å². The van der Waals surface area contributed by atoms with Crippen molar-refractivity contribution in [1.82, 2.24) is 0 Å². The van der Waals surface area contributed by atoms with Crippen LogP contribution in [0.1, 0.15) is 31.7 Å². The molecule has 3 nitrogen and oxygen atoms in total. The van der Waals surface area contributed by atoms with Crippen LogP contribution in [0, 0.1) is 0 Å². The Bertz CT molecular complexity index is 368. The molecule has 1 atom stereocenters. The monoisotopic (exact) mass is 236 g/mol. The SMILES string of the molecule is COc1cc(O[C@H]2CCOC2)cc(C(C)C)c1. The number of hydrogen-bond acceptors (Lipinski definition) is 3. The van der Waals surface area contributed by atoms with Crippen LogP contribution in [-0.4, -0.2) is 26.4 Å². The van der Waals surface area contributed by atoms with Crippen LogP contribution in [0.5, 0.6) is 11.5 Å². The van der Waals surface area contributed by atoms with Gasteiger partial charge in [-0.3, -0.25) is 0 Å². The van der Waals surface area contributed by atoms with E-state index >= 15 is 0 Å². The first-order chi connectivity index (χ1) is 8.19. The van der Waals surface area contributed by atoms with Crippen LogP contribution in [0.3, 0.4) is 0 Å². The average Bonchev–Trinajstić information content (AvgIpc) is 2.81. The molecule has 1 heterocycles. The number of rotatable bonds is 4. The summed E-state index contributed by atoms with van der Waals surface area (Å²) in [6, 6.07) is 6.08. The Morgan fingerprint density at radius 1 is 1.24 bits per heavy atom. The van der Waals surface area contributed by atoms with Gasteiger partial charge in [-0.05, 0) is 23.6 Å². The molecule has 1 aromatic rings. The molecule has 0 aliphatic carbocycles. The number of hydrogen-bond donors (Lipinski definition) is 0. The highest BCUT2D eigenvalue weighted by atomic mass is 16.5. The van der Waals surface area contributed by atoms with E-state index in [0.29, 0.717) is 12.5 Å². The highest BCUT2D eigenvalue weighted by Crippen LogP contribution is 2.28. The summed E-state index contributed by atoms with van der Waals surface area (Å²) in [7, 11) is 1.68. The molecule has 3 heteroatoms. The van der Waals surface area contributed by atoms with Gasteiger partial charge >= 0.3 is 0 Å². The molecule has 0 unspecified atom stereocenters. The van der Waals surface area contributed by atoms with E-state index in [1.54, 1.807) is 7.11 Å². The molecule has 1 aromatic carbocycles. The molecule has 1 aliphatic rings. The Kier molecular flexibility index (Phi) is 3.89. The number of methoxy groups -OCH3 is 1. The molecule has 2 rings (SSSR count). The van der Waals surface area contributed by atoms with Gasteiger partial charge in [0.25, 0.3) is 0 Å². The largest absolute Gasteiger partial charge is 0.497 e. The van der Waals surface area contributed by atoms with Crippen molar-refractivity contribution in [1.29, 1.82) is 0 Å². The average molecular weight is 236 g/mol. The topological polar surface area (TPSA) is 27.7 Å². The van der Waals surface area contributed by atoms with E-state index in [9.17, 15) is 0 Å². The smallest absolute Gasteiger partial charge is 0.124 e. The minimum Gasteiger partial charge on any atom is -0.497 e. The van der Waals surface area contributed by atoms with E-state index in [2.05, 4.69) is 26.0 Å². The Morgan fingerprint density at radius 3 is 2.59 bits per heavy atom. The summed E-state index contributed by atoms with van der Waals surface area (Å²) in [4.78, 5) is 0. The summed E-state index contributed by atoms with van der Waals surface area (Å²) < 4.78 is 16.5. The molecule has 0 N–H and O–H groups in total. The molecular formula is C14H20O3. The van der Waals surface area contributed by atoms with Crippen LogP contribution in [-0.2, 0) is 4.74 Å². The molecule has 94 valence electrons. The van der Waals surface area contributed by atoms with Gasteiger partial charge in [-0.15, -0.1) is 0 Å². The minimum atomic E-state index is 0.183. The first-order valence-corrected chi connectivity index (χ1v) is 6.12. The lowest BCUT2D eigenvalue weighted by atomic mass is 10.0. The summed E-state index contributed by atoms with van der Waals surface area (Å²) in [5.74, 6) is 2.20. The van der Waals surface area contributed by atoms with Gasteiger partial charge in [0.2, 0.25) is 0 Å². The van der Waals surface area contributed by atoms with E-state index < -0.39 is 0 Å². The fraction of sp³-hybridized carbons (Fsp3) is 0.571. The van der Waals surface area contributed by atoms with E-state index in [-0.39, 0.29) is 6.10 Å². The zero-order valence-corrected chi connectivity index (χ0v) is 10.7. The lowest BCUT2D eigenvalue weighted by Crippen LogP contribution is -2.15. The Morgan fingerprint density at radius 2 is 2.00 bits per heavy atom. The zero-order valence-electron chi connectivity index (χ0n) is 10.7. The fourth-order valence-corrected chi connectivity index (χ4v) is 1.91. The molecule has 17 heavy (non-hydrogen) atoms. The van der Waals surface area contributed by atoms with Crippen molar-refractivity contribution in [3.63, 3.8) is 0 Å². The van der Waals surface area contributed by atoms with Crippen molar-refractivity contribution >= 4 is 0 Å². The van der Waals surface area contributed by atoms with Crippen molar-refractivity contribution in [2.75, 3.05) is 20.3 Å². The third-order valence-corrected chi connectivity index (χ3v) is 3.00. The molecule has 0 spiro atoms. The predicted octanol–water partition coefficient (Wildman–Crippen LogP) is 2.99. The van der Waals surface area contributed by atoms with Gasteiger partial charge in [-0.1, -0.05) is 13.8 Å². The van der Waals surface area contributed by atoms with E-state index in [0.717, 1.165) is 24.5 Å². The van der Waals surface area contributed by atoms with Gasteiger partial charge in [0.1, 0.15) is 17.6 Å². The van der Waals surface area contributed by atoms with Gasteiger partial charge in [-0.25, -0.2) is 0 Å². The third kappa shape index (κ3) is 3.13. The minimum absolute atomic E-state index is 0.183. The second-order valence-electron chi connectivity index (χ2n) is 4.70. The van der Waals surface area contributed by atoms with Crippen LogP contribution < -0.4 is 9.47 Å². The van der Waals surface area contributed by atoms with Crippen molar-refractivity contribution < 1.29 is 14.2 Å². The molecule has 1 fully saturated rings. The maximum absolute atomic E-state index is 5.90. The van der Waals surface area contributed by atoms with Crippen LogP contribution in [0.4, 0.5) is 0 Å². The lowest BCUT2D eigenvalue weighted by molar-refractivity contribution is 0.141. The molecular weight excluding hydrogens is 216 g/mol. The maximum atomic E-state index is 5.90. The zero-order chi connectivity index (χ0) is 12.3. The Labute approximate surface area is 103 Å². The molecule has 0 aromatic heterocycles. The molecule has 1 aliphatic heterocycles. The van der Waals surface area contributed by atoms with Crippen molar-refractivity contribution in [3.8, 4) is 11.5 Å². The molecule has 0 bridgehead atoms.